The number of aromatic nitrogens is 3. The number of esters is 1. The molecule has 8 heteroatoms. The molecule has 0 radical (unpaired) electrons. The third-order valence-corrected chi connectivity index (χ3v) is 5.14. The van der Waals surface area contributed by atoms with Gasteiger partial charge in [0.2, 0.25) is 4.96 Å². The van der Waals surface area contributed by atoms with E-state index in [9.17, 15) is 9.59 Å². The predicted molar refractivity (Wildman–Crippen MR) is 116 cm³/mol. The van der Waals surface area contributed by atoms with Crippen LogP contribution in [-0.2, 0) is 4.79 Å². The Morgan fingerprint density at radius 3 is 2.30 bits per heavy atom. The average Bonchev–Trinajstić information content (AvgIpc) is 3.27. The van der Waals surface area contributed by atoms with Gasteiger partial charge in [-0.2, -0.15) is 9.50 Å². The molecule has 0 spiro atoms. The van der Waals surface area contributed by atoms with Gasteiger partial charge in [0.05, 0.1) is 11.6 Å². The number of nitrogens with zero attached hydrogens (tertiary/aromatic N) is 3. The van der Waals surface area contributed by atoms with Crippen molar-refractivity contribution in [3.63, 3.8) is 0 Å². The Kier molecular flexibility index (Phi) is 5.40. The Morgan fingerprint density at radius 1 is 1.00 bits per heavy atom. The zero-order chi connectivity index (χ0) is 21.1. The summed E-state index contributed by atoms with van der Waals surface area (Å²) in [5.74, 6) is 1.33. The lowest BCUT2D eigenvalue weighted by molar-refractivity contribution is -0.131. The summed E-state index contributed by atoms with van der Waals surface area (Å²) in [6.45, 7) is 1.35. The summed E-state index contributed by atoms with van der Waals surface area (Å²) < 4.78 is 12.0. The zero-order valence-electron chi connectivity index (χ0n) is 16.2. The average molecular weight is 419 g/mol. The molecule has 0 amide bonds. The van der Waals surface area contributed by atoms with Crippen LogP contribution in [0.25, 0.3) is 23.2 Å². The van der Waals surface area contributed by atoms with Gasteiger partial charge >= 0.3 is 5.97 Å². The van der Waals surface area contributed by atoms with Gasteiger partial charge in [-0.1, -0.05) is 41.7 Å². The first-order valence-electron chi connectivity index (χ1n) is 9.04. The Balaban J connectivity index is 1.57. The van der Waals surface area contributed by atoms with E-state index in [4.69, 9.17) is 9.47 Å². The number of methoxy groups -OCH3 is 1. The van der Waals surface area contributed by atoms with E-state index in [1.54, 1.807) is 43.5 Å². The molecule has 0 aliphatic rings. The van der Waals surface area contributed by atoms with Crippen molar-refractivity contribution < 1.29 is 14.3 Å². The van der Waals surface area contributed by atoms with Crippen LogP contribution in [0.1, 0.15) is 23.9 Å². The second-order valence-corrected chi connectivity index (χ2v) is 7.36. The summed E-state index contributed by atoms with van der Waals surface area (Å²) in [6, 6.07) is 14.5. The van der Waals surface area contributed by atoms with E-state index in [0.717, 1.165) is 16.9 Å². The van der Waals surface area contributed by atoms with Crippen molar-refractivity contribution in [3.05, 3.63) is 80.4 Å². The highest BCUT2D eigenvalue weighted by Gasteiger charge is 2.09. The van der Waals surface area contributed by atoms with Crippen LogP contribution >= 0.6 is 11.3 Å². The molecule has 0 atom stereocenters. The molecule has 0 fully saturated rings. The van der Waals surface area contributed by atoms with Gasteiger partial charge < -0.3 is 9.47 Å². The molecule has 0 bridgehead atoms. The van der Waals surface area contributed by atoms with Gasteiger partial charge in [0.25, 0.3) is 5.56 Å². The first kappa shape index (κ1) is 19.5. The SMILES string of the molecule is COc1ccc(/C=C/c2nc3s/c(=C/c4ccc(OC(C)=O)cc4)c(=O)n3n2)cc1. The summed E-state index contributed by atoms with van der Waals surface area (Å²) in [6.07, 6.45) is 5.40. The van der Waals surface area contributed by atoms with Crippen LogP contribution in [0.5, 0.6) is 11.5 Å². The zero-order valence-corrected chi connectivity index (χ0v) is 17.1. The van der Waals surface area contributed by atoms with Gasteiger partial charge in [-0.3, -0.25) is 9.59 Å². The van der Waals surface area contributed by atoms with Crippen molar-refractivity contribution in [1.82, 2.24) is 14.6 Å². The van der Waals surface area contributed by atoms with Gasteiger partial charge in [-0.05, 0) is 47.5 Å². The summed E-state index contributed by atoms with van der Waals surface area (Å²) >= 11 is 1.27. The minimum absolute atomic E-state index is 0.226. The van der Waals surface area contributed by atoms with Crippen LogP contribution in [0.4, 0.5) is 0 Å². The summed E-state index contributed by atoms with van der Waals surface area (Å²) in [5, 5.41) is 4.28. The maximum Gasteiger partial charge on any atom is 0.308 e. The van der Waals surface area contributed by atoms with Crippen molar-refractivity contribution in [2.24, 2.45) is 0 Å². The predicted octanol–water partition coefficient (Wildman–Crippen LogP) is 2.80. The molecule has 4 rings (SSSR count). The summed E-state index contributed by atoms with van der Waals surface area (Å²) in [5.41, 5.74) is 1.56. The second kappa shape index (κ2) is 8.30. The quantitative estimate of drug-likeness (QED) is 0.365. The molecule has 0 aliphatic heterocycles. The maximum absolute atomic E-state index is 12.6. The normalized spacial score (nSPS) is 12.0. The first-order valence-corrected chi connectivity index (χ1v) is 9.85. The fourth-order valence-electron chi connectivity index (χ4n) is 2.75. The van der Waals surface area contributed by atoms with Crippen LogP contribution in [0.3, 0.4) is 0 Å². The van der Waals surface area contributed by atoms with Gasteiger partial charge in [-0.15, -0.1) is 5.10 Å². The van der Waals surface area contributed by atoms with Crippen molar-refractivity contribution in [3.8, 4) is 11.5 Å². The number of carbonyl (C=O) groups is 1. The Labute approximate surface area is 175 Å². The molecule has 0 N–H and O–H groups in total. The molecule has 2 aromatic heterocycles. The number of hydrogen-bond acceptors (Lipinski definition) is 7. The molecule has 2 heterocycles. The largest absolute Gasteiger partial charge is 0.497 e. The Hall–Kier alpha value is -3.78. The number of carbonyl (C=O) groups excluding carboxylic acids is 1. The molecule has 7 nitrogen and oxygen atoms in total. The lowest BCUT2D eigenvalue weighted by atomic mass is 10.2. The first-order chi connectivity index (χ1) is 14.5. The number of ether oxygens (including phenoxy) is 2. The van der Waals surface area contributed by atoms with Gasteiger partial charge in [-0.25, -0.2) is 0 Å². The van der Waals surface area contributed by atoms with Gasteiger partial charge in [0.1, 0.15) is 11.5 Å². The van der Waals surface area contributed by atoms with Crippen LogP contribution in [-0.4, -0.2) is 27.7 Å². The fourth-order valence-corrected chi connectivity index (χ4v) is 3.67. The van der Waals surface area contributed by atoms with Crippen molar-refractivity contribution in [2.75, 3.05) is 7.11 Å². The van der Waals surface area contributed by atoms with E-state index in [1.165, 1.54) is 22.8 Å². The van der Waals surface area contributed by atoms with Crippen molar-refractivity contribution >= 4 is 40.5 Å². The monoisotopic (exact) mass is 419 g/mol. The lowest BCUT2D eigenvalue weighted by Crippen LogP contribution is -2.23. The number of thiazole rings is 1. The number of fused-ring (bicyclic) bond motifs is 1. The number of benzene rings is 2. The van der Waals surface area contributed by atoms with E-state index in [2.05, 4.69) is 10.1 Å². The third-order valence-electron chi connectivity index (χ3n) is 4.18. The van der Waals surface area contributed by atoms with Crippen LogP contribution in [0.2, 0.25) is 0 Å². The summed E-state index contributed by atoms with van der Waals surface area (Å²) in [4.78, 5) is 28.6. The standard InChI is InChI=1S/C22H17N3O4S/c1-14(26)29-18-10-5-16(6-11-18)13-19-21(27)25-22(30-19)23-20(24-25)12-7-15-3-8-17(28-2)9-4-15/h3-13H,1-2H3/b12-7+,19-13+. The molecular weight excluding hydrogens is 402 g/mol. The van der Waals surface area contributed by atoms with E-state index < -0.39 is 0 Å². The molecule has 4 aromatic rings. The Morgan fingerprint density at radius 2 is 1.67 bits per heavy atom. The topological polar surface area (TPSA) is 82.8 Å². The maximum atomic E-state index is 12.6. The van der Waals surface area contributed by atoms with E-state index in [1.807, 2.05) is 30.3 Å². The lowest BCUT2D eigenvalue weighted by Gasteiger charge is -2.00. The molecule has 0 saturated carbocycles. The molecular formula is C22H17N3O4S. The molecule has 30 heavy (non-hydrogen) atoms. The van der Waals surface area contributed by atoms with E-state index in [-0.39, 0.29) is 11.5 Å². The Bertz CT molecular complexity index is 1340. The molecule has 0 aliphatic carbocycles. The highest BCUT2D eigenvalue weighted by Crippen LogP contribution is 2.14. The number of rotatable bonds is 5. The van der Waals surface area contributed by atoms with E-state index in [0.29, 0.717) is 21.1 Å². The summed E-state index contributed by atoms with van der Waals surface area (Å²) in [7, 11) is 1.62. The van der Waals surface area contributed by atoms with Gasteiger partial charge in [0.15, 0.2) is 5.82 Å². The highest BCUT2D eigenvalue weighted by molar-refractivity contribution is 7.15. The van der Waals surface area contributed by atoms with Crippen molar-refractivity contribution in [2.45, 2.75) is 6.92 Å². The second-order valence-electron chi connectivity index (χ2n) is 6.35. The molecule has 2 aromatic carbocycles. The van der Waals surface area contributed by atoms with Crippen molar-refractivity contribution in [1.29, 1.82) is 0 Å². The smallest absolute Gasteiger partial charge is 0.308 e. The van der Waals surface area contributed by atoms with Crippen LogP contribution in [0, 0.1) is 0 Å². The third kappa shape index (κ3) is 4.28. The van der Waals surface area contributed by atoms with Crippen LogP contribution in [0.15, 0.2) is 53.3 Å². The molecule has 0 unspecified atom stereocenters. The molecule has 150 valence electrons. The minimum Gasteiger partial charge on any atom is -0.497 e. The highest BCUT2D eigenvalue weighted by atomic mass is 32.1. The van der Waals surface area contributed by atoms with Crippen LogP contribution < -0.4 is 19.6 Å². The number of hydrogen-bond donors (Lipinski definition) is 0. The minimum atomic E-state index is -0.379. The fraction of sp³-hybridized carbons (Fsp3) is 0.0909. The van der Waals surface area contributed by atoms with E-state index >= 15 is 0 Å². The van der Waals surface area contributed by atoms with Gasteiger partial charge in [0, 0.05) is 6.92 Å². The molecule has 0 saturated heterocycles.